The molecule has 7 nitrogen and oxygen atoms in total. The van der Waals surface area contributed by atoms with Crippen LogP contribution in [0.15, 0.2) is 66.3 Å². The van der Waals surface area contributed by atoms with Gasteiger partial charge in [-0.15, -0.1) is 16.4 Å². The van der Waals surface area contributed by atoms with Gasteiger partial charge in [-0.25, -0.2) is 9.67 Å². The van der Waals surface area contributed by atoms with Crippen LogP contribution >= 0.6 is 11.3 Å². The van der Waals surface area contributed by atoms with Crippen molar-refractivity contribution < 1.29 is 4.79 Å². The molecule has 0 unspecified atom stereocenters. The summed E-state index contributed by atoms with van der Waals surface area (Å²) in [5, 5.41) is 13.3. The van der Waals surface area contributed by atoms with E-state index in [1.165, 1.54) is 11.3 Å². The van der Waals surface area contributed by atoms with Crippen LogP contribution in [-0.4, -0.2) is 30.9 Å². The summed E-state index contributed by atoms with van der Waals surface area (Å²) < 4.78 is 1.61. The fraction of sp³-hybridized carbons (Fsp3) is 0. The minimum absolute atomic E-state index is 0.192. The maximum absolute atomic E-state index is 12.7. The van der Waals surface area contributed by atoms with Crippen molar-refractivity contribution in [3.05, 3.63) is 72.0 Å². The van der Waals surface area contributed by atoms with E-state index in [-0.39, 0.29) is 11.6 Å². The maximum atomic E-state index is 12.7. The first-order valence-electron chi connectivity index (χ1n) is 7.46. The van der Waals surface area contributed by atoms with Crippen LogP contribution in [0.3, 0.4) is 0 Å². The zero-order chi connectivity index (χ0) is 17.1. The second-order valence-electron chi connectivity index (χ2n) is 5.04. The Hall–Kier alpha value is -3.39. The number of benzene rings is 1. The lowest BCUT2D eigenvalue weighted by Crippen LogP contribution is -2.14. The number of rotatable bonds is 4. The smallest absolute Gasteiger partial charge is 0.280 e. The minimum Gasteiger partial charge on any atom is -0.296 e. The number of carbonyl (C=O) groups excluding carboxylic acids is 1. The van der Waals surface area contributed by atoms with Gasteiger partial charge in [-0.3, -0.25) is 15.1 Å². The monoisotopic (exact) mass is 348 g/mol. The van der Waals surface area contributed by atoms with E-state index in [2.05, 4.69) is 25.6 Å². The van der Waals surface area contributed by atoms with Gasteiger partial charge in [0.05, 0.1) is 11.4 Å². The van der Waals surface area contributed by atoms with Crippen molar-refractivity contribution in [2.75, 3.05) is 5.32 Å². The molecule has 8 heteroatoms. The lowest BCUT2D eigenvalue weighted by atomic mass is 10.2. The van der Waals surface area contributed by atoms with E-state index in [1.807, 2.05) is 48.5 Å². The normalized spacial score (nSPS) is 10.6. The molecule has 0 aliphatic carbocycles. The number of thiazole rings is 1. The number of para-hydroxylation sites is 1. The minimum atomic E-state index is -0.377. The second kappa shape index (κ2) is 6.62. The van der Waals surface area contributed by atoms with Gasteiger partial charge < -0.3 is 0 Å². The van der Waals surface area contributed by atoms with Crippen LogP contribution in [0.4, 0.5) is 5.13 Å². The molecule has 0 fully saturated rings. The molecule has 1 aromatic carbocycles. The van der Waals surface area contributed by atoms with Crippen molar-refractivity contribution in [3.63, 3.8) is 0 Å². The first-order chi connectivity index (χ1) is 12.3. The van der Waals surface area contributed by atoms with Gasteiger partial charge in [0.25, 0.3) is 5.91 Å². The highest BCUT2D eigenvalue weighted by Gasteiger charge is 2.23. The Morgan fingerprint density at radius 2 is 1.84 bits per heavy atom. The Kier molecular flexibility index (Phi) is 4.01. The third-order valence-corrected chi connectivity index (χ3v) is 4.13. The van der Waals surface area contributed by atoms with Crippen molar-refractivity contribution in [2.24, 2.45) is 0 Å². The van der Waals surface area contributed by atoms with Crippen LogP contribution in [0.2, 0.25) is 0 Å². The molecule has 0 radical (unpaired) electrons. The van der Waals surface area contributed by atoms with E-state index in [1.54, 1.807) is 22.5 Å². The molecule has 3 heterocycles. The number of amides is 1. The summed E-state index contributed by atoms with van der Waals surface area (Å²) in [6.45, 7) is 0. The molecule has 0 saturated heterocycles. The Balaban J connectivity index is 1.82. The Labute approximate surface area is 147 Å². The lowest BCUT2D eigenvalue weighted by Gasteiger charge is -2.07. The maximum Gasteiger partial charge on any atom is 0.280 e. The molecule has 3 aromatic heterocycles. The topological polar surface area (TPSA) is 85.6 Å². The molecule has 1 N–H and O–H groups in total. The first-order valence-corrected chi connectivity index (χ1v) is 8.34. The van der Waals surface area contributed by atoms with Crippen molar-refractivity contribution >= 4 is 22.4 Å². The van der Waals surface area contributed by atoms with E-state index in [4.69, 9.17) is 0 Å². The number of carbonyl (C=O) groups is 1. The summed E-state index contributed by atoms with van der Waals surface area (Å²) in [5.74, 6) is -0.377. The Morgan fingerprint density at radius 1 is 1.00 bits per heavy atom. The van der Waals surface area contributed by atoms with Crippen molar-refractivity contribution in [1.82, 2.24) is 25.0 Å². The van der Waals surface area contributed by atoms with Crippen LogP contribution < -0.4 is 5.32 Å². The average molecular weight is 348 g/mol. The average Bonchev–Trinajstić information content (AvgIpc) is 3.32. The lowest BCUT2D eigenvalue weighted by molar-refractivity contribution is 0.102. The summed E-state index contributed by atoms with van der Waals surface area (Å²) in [6, 6.07) is 15.0. The third-order valence-electron chi connectivity index (χ3n) is 3.45. The Bertz CT molecular complexity index is 983. The van der Waals surface area contributed by atoms with Gasteiger partial charge in [-0.1, -0.05) is 29.5 Å². The van der Waals surface area contributed by atoms with E-state index in [0.29, 0.717) is 16.5 Å². The van der Waals surface area contributed by atoms with Gasteiger partial charge in [0.1, 0.15) is 5.69 Å². The molecule has 122 valence electrons. The highest BCUT2D eigenvalue weighted by Crippen LogP contribution is 2.24. The van der Waals surface area contributed by atoms with Crippen LogP contribution in [0, 0.1) is 0 Å². The zero-order valence-corrected chi connectivity index (χ0v) is 13.7. The van der Waals surface area contributed by atoms with E-state index >= 15 is 0 Å². The quantitative estimate of drug-likeness (QED) is 0.613. The van der Waals surface area contributed by atoms with Crippen molar-refractivity contribution in [2.45, 2.75) is 0 Å². The summed E-state index contributed by atoms with van der Waals surface area (Å²) in [6.07, 6.45) is 3.29. The van der Waals surface area contributed by atoms with Gasteiger partial charge in [0, 0.05) is 17.8 Å². The summed E-state index contributed by atoms with van der Waals surface area (Å²) >= 11 is 1.34. The highest BCUT2D eigenvalue weighted by atomic mass is 32.1. The predicted molar refractivity (Wildman–Crippen MR) is 94.7 cm³/mol. The molecule has 0 atom stereocenters. The number of hydrogen-bond donors (Lipinski definition) is 1. The van der Waals surface area contributed by atoms with E-state index in [9.17, 15) is 4.79 Å². The fourth-order valence-electron chi connectivity index (χ4n) is 2.36. The largest absolute Gasteiger partial charge is 0.296 e. The highest BCUT2D eigenvalue weighted by molar-refractivity contribution is 7.13. The molecule has 0 saturated carbocycles. The van der Waals surface area contributed by atoms with Gasteiger partial charge in [-0.2, -0.15) is 0 Å². The molecular weight excluding hydrogens is 336 g/mol. The van der Waals surface area contributed by atoms with Gasteiger partial charge >= 0.3 is 0 Å². The Morgan fingerprint density at radius 3 is 2.56 bits per heavy atom. The van der Waals surface area contributed by atoms with Gasteiger partial charge in [0.2, 0.25) is 0 Å². The van der Waals surface area contributed by atoms with E-state index < -0.39 is 0 Å². The number of nitrogens with zero attached hydrogens (tertiary/aromatic N) is 5. The molecule has 0 aliphatic rings. The molecule has 0 aliphatic heterocycles. The number of anilines is 1. The summed E-state index contributed by atoms with van der Waals surface area (Å²) in [5.41, 5.74) is 2.13. The summed E-state index contributed by atoms with van der Waals surface area (Å²) in [7, 11) is 0. The van der Waals surface area contributed by atoms with Crippen molar-refractivity contribution in [1.29, 1.82) is 0 Å². The van der Waals surface area contributed by atoms with Crippen LogP contribution in [0.5, 0.6) is 0 Å². The molecule has 0 bridgehead atoms. The molecular formula is C17H12N6OS. The van der Waals surface area contributed by atoms with Gasteiger partial charge in [0.15, 0.2) is 10.8 Å². The molecule has 25 heavy (non-hydrogen) atoms. The molecule has 4 aromatic rings. The molecule has 1 amide bonds. The predicted octanol–water partition coefficient (Wildman–Crippen LogP) is 3.04. The first kappa shape index (κ1) is 15.2. The van der Waals surface area contributed by atoms with Crippen molar-refractivity contribution in [3.8, 4) is 17.1 Å². The standard InChI is InChI=1S/C17H12N6OS/c24-16(20-17-19-10-11-25-17)14-15(13-8-4-5-9-18-13)23(22-21-14)12-6-2-1-3-7-12/h1-11H,(H,19,20,24). The van der Waals surface area contributed by atoms with Crippen LogP contribution in [0.25, 0.3) is 17.1 Å². The SMILES string of the molecule is O=C(Nc1nccs1)c1nnn(-c2ccccc2)c1-c1ccccn1. The van der Waals surface area contributed by atoms with Gasteiger partial charge in [-0.05, 0) is 24.3 Å². The second-order valence-corrected chi connectivity index (χ2v) is 5.93. The zero-order valence-electron chi connectivity index (χ0n) is 12.9. The number of aromatic nitrogens is 5. The molecule has 0 spiro atoms. The third kappa shape index (κ3) is 3.02. The molecule has 4 rings (SSSR count). The fourth-order valence-corrected chi connectivity index (χ4v) is 2.88. The van der Waals surface area contributed by atoms with Crippen LogP contribution in [-0.2, 0) is 0 Å². The number of pyridine rings is 1. The number of hydrogen-bond acceptors (Lipinski definition) is 6. The number of nitrogens with one attached hydrogen (secondary N) is 1. The summed E-state index contributed by atoms with van der Waals surface area (Å²) in [4.78, 5) is 21.1. The van der Waals surface area contributed by atoms with E-state index in [0.717, 1.165) is 5.69 Å². The van der Waals surface area contributed by atoms with Crippen LogP contribution in [0.1, 0.15) is 10.5 Å².